The van der Waals surface area contributed by atoms with Gasteiger partial charge in [0.25, 0.3) is 5.91 Å². The van der Waals surface area contributed by atoms with Crippen LogP contribution in [0.4, 0.5) is 30.7 Å². The molecule has 0 aliphatic rings. The summed E-state index contributed by atoms with van der Waals surface area (Å²) in [6.45, 7) is 0. The van der Waals surface area contributed by atoms with Gasteiger partial charge in [-0.1, -0.05) is 0 Å². The van der Waals surface area contributed by atoms with Gasteiger partial charge < -0.3 is 15.2 Å². The number of alkyl halides is 6. The summed E-state index contributed by atoms with van der Waals surface area (Å²) in [4.78, 5) is 11.5. The van der Waals surface area contributed by atoms with Gasteiger partial charge in [-0.2, -0.15) is 26.3 Å². The Bertz CT molecular complexity index is 876. The minimum Gasteiger partial charge on any atom is -0.493 e. The van der Waals surface area contributed by atoms with E-state index in [1.807, 2.05) is 0 Å². The van der Waals surface area contributed by atoms with E-state index in [9.17, 15) is 35.5 Å². The van der Waals surface area contributed by atoms with E-state index in [1.54, 1.807) is 0 Å². The first-order chi connectivity index (χ1) is 12.3. The summed E-state index contributed by atoms with van der Waals surface area (Å²) >= 11 is 0. The molecule has 0 atom stereocenters. The van der Waals surface area contributed by atoms with Gasteiger partial charge in [-0.25, -0.2) is 4.39 Å². The van der Waals surface area contributed by atoms with E-state index in [0.29, 0.717) is 0 Å². The standard InChI is InChI=1S/C16H10F7NO3/c1-26-11-6-8(17)2-3-10(11)27-12-5-7(15(18,19)20)4-9(16(21,22)23)13(12)14(24)25/h2-6H,1H3,(H2,24,25). The van der Waals surface area contributed by atoms with E-state index in [0.717, 1.165) is 25.3 Å². The smallest absolute Gasteiger partial charge is 0.417 e. The van der Waals surface area contributed by atoms with Gasteiger partial charge in [0.1, 0.15) is 11.6 Å². The number of nitrogens with two attached hydrogens (primary N) is 1. The quantitative estimate of drug-likeness (QED) is 0.757. The van der Waals surface area contributed by atoms with Gasteiger partial charge in [-0.3, -0.25) is 4.79 Å². The normalized spacial score (nSPS) is 12.0. The largest absolute Gasteiger partial charge is 0.493 e. The van der Waals surface area contributed by atoms with Crippen molar-refractivity contribution >= 4 is 5.91 Å². The van der Waals surface area contributed by atoms with Crippen LogP contribution in [0.3, 0.4) is 0 Å². The topological polar surface area (TPSA) is 61.6 Å². The van der Waals surface area contributed by atoms with E-state index in [2.05, 4.69) is 0 Å². The van der Waals surface area contributed by atoms with Crippen LogP contribution in [0.15, 0.2) is 30.3 Å². The second kappa shape index (κ2) is 6.97. The number of primary amides is 1. The van der Waals surface area contributed by atoms with Crippen molar-refractivity contribution in [2.24, 2.45) is 5.73 Å². The van der Waals surface area contributed by atoms with Gasteiger partial charge in [-0.05, 0) is 24.3 Å². The second-order valence-corrected chi connectivity index (χ2v) is 5.15. The molecular formula is C16H10F7NO3. The van der Waals surface area contributed by atoms with Crippen LogP contribution in [0.25, 0.3) is 0 Å². The van der Waals surface area contributed by atoms with Gasteiger partial charge in [0.15, 0.2) is 11.5 Å². The molecule has 0 radical (unpaired) electrons. The Morgan fingerprint density at radius 2 is 1.56 bits per heavy atom. The van der Waals surface area contributed by atoms with Crippen molar-refractivity contribution in [1.29, 1.82) is 0 Å². The summed E-state index contributed by atoms with van der Waals surface area (Å²) in [6.07, 6.45) is -10.5. The van der Waals surface area contributed by atoms with E-state index >= 15 is 0 Å². The van der Waals surface area contributed by atoms with E-state index in [4.69, 9.17) is 15.2 Å². The number of halogens is 7. The number of amides is 1. The van der Waals surface area contributed by atoms with Crippen molar-refractivity contribution in [2.45, 2.75) is 12.4 Å². The first-order valence-corrected chi connectivity index (χ1v) is 6.98. The molecule has 0 saturated heterocycles. The summed E-state index contributed by atoms with van der Waals surface area (Å²) in [7, 11) is 1.07. The molecule has 2 aromatic rings. The number of rotatable bonds is 4. The molecular weight excluding hydrogens is 387 g/mol. The molecule has 0 fully saturated rings. The maximum Gasteiger partial charge on any atom is 0.417 e. The van der Waals surface area contributed by atoms with Crippen LogP contribution < -0.4 is 15.2 Å². The summed E-state index contributed by atoms with van der Waals surface area (Å²) in [5, 5.41) is 0. The van der Waals surface area contributed by atoms with E-state index in [1.165, 1.54) is 0 Å². The van der Waals surface area contributed by atoms with Gasteiger partial charge in [-0.15, -0.1) is 0 Å². The van der Waals surface area contributed by atoms with Crippen LogP contribution in [0.1, 0.15) is 21.5 Å². The number of carbonyl (C=O) groups is 1. The van der Waals surface area contributed by atoms with Crippen LogP contribution in [0.2, 0.25) is 0 Å². The monoisotopic (exact) mass is 397 g/mol. The molecule has 0 aliphatic carbocycles. The number of methoxy groups -OCH3 is 1. The maximum absolute atomic E-state index is 13.2. The highest BCUT2D eigenvalue weighted by molar-refractivity contribution is 5.97. The number of ether oxygens (including phenoxy) is 2. The molecule has 4 nitrogen and oxygen atoms in total. The number of hydrogen-bond acceptors (Lipinski definition) is 3. The average Bonchev–Trinajstić information content (AvgIpc) is 2.53. The summed E-state index contributed by atoms with van der Waals surface area (Å²) < 4.78 is 102. The van der Waals surface area contributed by atoms with Crippen molar-refractivity contribution in [3.05, 3.63) is 52.8 Å². The molecule has 0 unspecified atom stereocenters. The highest BCUT2D eigenvalue weighted by Gasteiger charge is 2.41. The number of benzene rings is 2. The number of hydrogen-bond donors (Lipinski definition) is 1. The Kier molecular flexibility index (Phi) is 5.25. The molecule has 27 heavy (non-hydrogen) atoms. The maximum atomic E-state index is 13.2. The third-order valence-corrected chi connectivity index (χ3v) is 3.33. The molecule has 146 valence electrons. The van der Waals surface area contributed by atoms with Gasteiger partial charge in [0.05, 0.1) is 23.8 Å². The van der Waals surface area contributed by atoms with Gasteiger partial charge in [0.2, 0.25) is 0 Å². The van der Waals surface area contributed by atoms with Crippen molar-refractivity contribution < 1.29 is 45.0 Å². The minimum absolute atomic E-state index is 0.193. The Morgan fingerprint density at radius 3 is 2.04 bits per heavy atom. The zero-order valence-corrected chi connectivity index (χ0v) is 13.3. The van der Waals surface area contributed by atoms with Crippen LogP contribution >= 0.6 is 0 Å². The van der Waals surface area contributed by atoms with E-state index in [-0.39, 0.29) is 17.9 Å². The fourth-order valence-corrected chi connectivity index (χ4v) is 2.18. The SMILES string of the molecule is COc1cc(F)ccc1Oc1cc(C(F)(F)F)cc(C(F)(F)F)c1C(N)=O. The molecule has 0 spiro atoms. The Hall–Kier alpha value is -2.98. The summed E-state index contributed by atoms with van der Waals surface area (Å²) in [5.74, 6) is -4.30. The lowest BCUT2D eigenvalue weighted by molar-refractivity contribution is -0.143. The lowest BCUT2D eigenvalue weighted by atomic mass is 10.0. The summed E-state index contributed by atoms with van der Waals surface area (Å²) in [6, 6.07) is 2.48. The van der Waals surface area contributed by atoms with Crippen LogP contribution in [0.5, 0.6) is 17.2 Å². The minimum atomic E-state index is -5.32. The molecule has 2 rings (SSSR count). The Balaban J connectivity index is 2.75. The fourth-order valence-electron chi connectivity index (χ4n) is 2.18. The Labute approximate surface area is 147 Å². The van der Waals surface area contributed by atoms with Crippen molar-refractivity contribution in [3.8, 4) is 17.2 Å². The first kappa shape index (κ1) is 20.3. The number of carbonyl (C=O) groups excluding carboxylic acids is 1. The third-order valence-electron chi connectivity index (χ3n) is 3.33. The molecule has 0 heterocycles. The molecule has 0 bridgehead atoms. The van der Waals surface area contributed by atoms with Gasteiger partial charge in [0, 0.05) is 6.07 Å². The molecule has 0 saturated carbocycles. The zero-order valence-electron chi connectivity index (χ0n) is 13.3. The second-order valence-electron chi connectivity index (χ2n) is 5.15. The Morgan fingerprint density at radius 1 is 0.926 bits per heavy atom. The molecule has 2 aromatic carbocycles. The third kappa shape index (κ3) is 4.41. The van der Waals surface area contributed by atoms with Crippen LogP contribution in [-0.4, -0.2) is 13.0 Å². The highest BCUT2D eigenvalue weighted by atomic mass is 19.4. The molecule has 0 aliphatic heterocycles. The van der Waals surface area contributed by atoms with Gasteiger partial charge >= 0.3 is 12.4 Å². The molecule has 11 heteroatoms. The molecule has 2 N–H and O–H groups in total. The fraction of sp³-hybridized carbons (Fsp3) is 0.188. The van der Waals surface area contributed by atoms with E-state index < -0.39 is 52.3 Å². The van der Waals surface area contributed by atoms with Crippen molar-refractivity contribution in [1.82, 2.24) is 0 Å². The average molecular weight is 397 g/mol. The summed E-state index contributed by atoms with van der Waals surface area (Å²) in [5.41, 5.74) is -0.00368. The lowest BCUT2D eigenvalue weighted by Gasteiger charge is -2.19. The lowest BCUT2D eigenvalue weighted by Crippen LogP contribution is -2.21. The van der Waals surface area contributed by atoms with Crippen molar-refractivity contribution in [2.75, 3.05) is 7.11 Å². The van der Waals surface area contributed by atoms with Crippen molar-refractivity contribution in [3.63, 3.8) is 0 Å². The van der Waals surface area contributed by atoms with Crippen LogP contribution in [0, 0.1) is 5.82 Å². The molecule has 1 amide bonds. The molecule has 0 aromatic heterocycles. The predicted octanol–water partition coefficient (Wildman–Crippen LogP) is 4.76. The highest BCUT2D eigenvalue weighted by Crippen LogP contribution is 2.43. The zero-order chi connectivity index (χ0) is 20.6. The first-order valence-electron chi connectivity index (χ1n) is 6.98. The van der Waals surface area contributed by atoms with Crippen LogP contribution in [-0.2, 0) is 12.4 Å². The predicted molar refractivity (Wildman–Crippen MR) is 78.0 cm³/mol.